The lowest BCUT2D eigenvalue weighted by Crippen LogP contribution is -2.43. The van der Waals surface area contributed by atoms with E-state index in [9.17, 15) is 13.2 Å². The van der Waals surface area contributed by atoms with Crippen molar-refractivity contribution < 1.29 is 13.2 Å². The number of amidine groups is 1. The number of fused-ring (bicyclic) bond motifs is 1. The molecule has 1 aliphatic carbocycles. The molecular formula is C27H28N4O3S. The van der Waals surface area contributed by atoms with E-state index in [4.69, 9.17) is 11.1 Å². The topological polar surface area (TPSA) is 126 Å². The summed E-state index contributed by atoms with van der Waals surface area (Å²) in [5, 5.41) is 8.96. The number of sulfonamides is 1. The van der Waals surface area contributed by atoms with Crippen molar-refractivity contribution in [2.24, 2.45) is 11.1 Å². The molecule has 180 valence electrons. The maximum atomic E-state index is 13.6. The van der Waals surface area contributed by atoms with Gasteiger partial charge in [0.05, 0.1) is 21.8 Å². The Hall–Kier alpha value is -3.78. The molecule has 4 N–H and O–H groups in total. The van der Waals surface area contributed by atoms with Gasteiger partial charge in [0.1, 0.15) is 11.3 Å². The average molecular weight is 489 g/mol. The zero-order chi connectivity index (χ0) is 25.1. The number of hydrogen-bond acceptors (Lipinski definition) is 5. The molecule has 0 amide bonds. The van der Waals surface area contributed by atoms with Gasteiger partial charge in [0.25, 0.3) is 10.0 Å². The Bertz CT molecular complexity index is 1450. The van der Waals surface area contributed by atoms with Crippen LogP contribution in [0.1, 0.15) is 38.3 Å². The van der Waals surface area contributed by atoms with Crippen LogP contribution in [0.3, 0.4) is 0 Å². The third kappa shape index (κ3) is 4.88. The normalized spacial score (nSPS) is 17.9. The zero-order valence-electron chi connectivity index (χ0n) is 19.5. The standard InChI is InChI=1S/C27H28N4O3S/c1-2-3-7-16-27(26(28)29)17-8-11-22(25(27)32)23-15-13-19-12-14-20(18-24(19)30-23)31-35(33,34)21-9-5-4-6-10-21/h4-6,8-15,17-18,31H,2-3,7,16H2,1H3,(H3,28,29). The van der Waals surface area contributed by atoms with E-state index < -0.39 is 15.4 Å². The quantitative estimate of drug-likeness (QED) is 0.220. The van der Waals surface area contributed by atoms with Crippen LogP contribution in [0.5, 0.6) is 0 Å². The van der Waals surface area contributed by atoms with Crippen molar-refractivity contribution >= 4 is 43.8 Å². The van der Waals surface area contributed by atoms with E-state index in [2.05, 4.69) is 16.6 Å². The molecule has 0 saturated heterocycles. The summed E-state index contributed by atoms with van der Waals surface area (Å²) in [6.45, 7) is 2.08. The molecule has 1 atom stereocenters. The second-order valence-corrected chi connectivity index (χ2v) is 10.3. The largest absolute Gasteiger partial charge is 0.387 e. The monoisotopic (exact) mass is 488 g/mol. The number of nitrogens with two attached hydrogens (primary N) is 1. The second kappa shape index (κ2) is 9.84. The fourth-order valence-corrected chi connectivity index (χ4v) is 5.31. The molecule has 0 spiro atoms. The van der Waals surface area contributed by atoms with Crippen LogP contribution in [0.15, 0.2) is 83.8 Å². The first-order valence-electron chi connectivity index (χ1n) is 11.5. The molecule has 0 aliphatic heterocycles. The maximum absolute atomic E-state index is 13.6. The van der Waals surface area contributed by atoms with Gasteiger partial charge in [-0.3, -0.25) is 14.9 Å². The van der Waals surface area contributed by atoms with E-state index in [0.717, 1.165) is 24.6 Å². The predicted molar refractivity (Wildman–Crippen MR) is 140 cm³/mol. The van der Waals surface area contributed by atoms with E-state index in [1.54, 1.807) is 60.7 Å². The Morgan fingerprint density at radius 2 is 1.83 bits per heavy atom. The molecule has 1 unspecified atom stereocenters. The van der Waals surface area contributed by atoms with Gasteiger partial charge in [0.15, 0.2) is 5.78 Å². The molecule has 8 heteroatoms. The number of nitrogens with zero attached hydrogens (tertiary/aromatic N) is 1. The highest BCUT2D eigenvalue weighted by molar-refractivity contribution is 7.92. The number of nitrogens with one attached hydrogen (secondary N) is 2. The molecule has 2 aromatic carbocycles. The first-order valence-corrected chi connectivity index (χ1v) is 13.0. The fourth-order valence-electron chi connectivity index (χ4n) is 4.24. The Morgan fingerprint density at radius 1 is 1.09 bits per heavy atom. The maximum Gasteiger partial charge on any atom is 0.261 e. The number of carbonyl (C=O) groups is 1. The molecule has 0 radical (unpaired) electrons. The minimum Gasteiger partial charge on any atom is -0.387 e. The van der Waals surface area contributed by atoms with Gasteiger partial charge >= 0.3 is 0 Å². The number of pyridine rings is 1. The molecule has 35 heavy (non-hydrogen) atoms. The third-order valence-electron chi connectivity index (χ3n) is 6.22. The Balaban J connectivity index is 1.66. The molecule has 3 aromatic rings. The van der Waals surface area contributed by atoms with Crippen LogP contribution in [0.25, 0.3) is 16.5 Å². The van der Waals surface area contributed by atoms with Gasteiger partial charge in [0.2, 0.25) is 0 Å². The van der Waals surface area contributed by atoms with Gasteiger partial charge in [-0.1, -0.05) is 68.7 Å². The summed E-state index contributed by atoms with van der Waals surface area (Å²) in [7, 11) is -3.75. The van der Waals surface area contributed by atoms with Crippen molar-refractivity contribution in [3.63, 3.8) is 0 Å². The van der Waals surface area contributed by atoms with Crippen molar-refractivity contribution in [2.75, 3.05) is 4.72 Å². The molecule has 4 rings (SSSR count). The fraction of sp³-hybridized carbons (Fsp3) is 0.222. The summed E-state index contributed by atoms with van der Waals surface area (Å²) in [6, 6.07) is 16.8. The number of anilines is 1. The molecule has 1 aliphatic rings. The number of rotatable bonds is 9. The van der Waals surface area contributed by atoms with Gasteiger partial charge in [-0.25, -0.2) is 13.4 Å². The van der Waals surface area contributed by atoms with E-state index in [0.29, 0.717) is 28.9 Å². The smallest absolute Gasteiger partial charge is 0.261 e. The average Bonchev–Trinajstić information content (AvgIpc) is 2.85. The third-order valence-corrected chi connectivity index (χ3v) is 7.62. The van der Waals surface area contributed by atoms with E-state index in [-0.39, 0.29) is 16.5 Å². The van der Waals surface area contributed by atoms with Crippen LogP contribution in [-0.4, -0.2) is 25.0 Å². The van der Waals surface area contributed by atoms with Gasteiger partial charge in [0, 0.05) is 11.0 Å². The van der Waals surface area contributed by atoms with Crippen LogP contribution >= 0.6 is 0 Å². The number of unbranched alkanes of at least 4 members (excludes halogenated alkanes) is 2. The van der Waals surface area contributed by atoms with Crippen molar-refractivity contribution in [3.8, 4) is 0 Å². The van der Waals surface area contributed by atoms with Crippen LogP contribution in [-0.2, 0) is 14.8 Å². The Labute approximate surface area is 205 Å². The van der Waals surface area contributed by atoms with E-state index >= 15 is 0 Å². The number of ketones is 1. The summed E-state index contributed by atoms with van der Waals surface area (Å²) in [5.74, 6) is -0.407. The first-order chi connectivity index (χ1) is 16.8. The zero-order valence-corrected chi connectivity index (χ0v) is 20.3. The van der Waals surface area contributed by atoms with Gasteiger partial charge in [-0.2, -0.15) is 0 Å². The summed E-state index contributed by atoms with van der Waals surface area (Å²) >= 11 is 0. The van der Waals surface area contributed by atoms with Crippen LogP contribution in [0.2, 0.25) is 0 Å². The highest BCUT2D eigenvalue weighted by Gasteiger charge is 2.42. The lowest BCUT2D eigenvalue weighted by molar-refractivity contribution is -0.118. The number of hydrogen-bond donors (Lipinski definition) is 3. The lowest BCUT2D eigenvalue weighted by Gasteiger charge is -2.31. The number of Topliss-reactive ketones (excluding diaryl/α,β-unsaturated/α-hetero) is 1. The van der Waals surface area contributed by atoms with Crippen molar-refractivity contribution in [3.05, 3.63) is 84.6 Å². The van der Waals surface area contributed by atoms with E-state index in [1.807, 2.05) is 6.07 Å². The van der Waals surface area contributed by atoms with Crippen molar-refractivity contribution in [1.29, 1.82) is 5.41 Å². The summed E-state index contributed by atoms with van der Waals surface area (Å²) < 4.78 is 28.0. The lowest BCUT2D eigenvalue weighted by atomic mass is 9.72. The molecule has 7 nitrogen and oxygen atoms in total. The minimum atomic E-state index is -3.75. The Morgan fingerprint density at radius 3 is 2.54 bits per heavy atom. The molecule has 0 bridgehead atoms. The Kier molecular flexibility index (Phi) is 6.84. The van der Waals surface area contributed by atoms with Gasteiger partial charge < -0.3 is 5.73 Å². The summed E-state index contributed by atoms with van der Waals surface area (Å²) in [4.78, 5) is 18.4. The van der Waals surface area contributed by atoms with Crippen molar-refractivity contribution in [1.82, 2.24) is 4.98 Å². The number of benzene rings is 2. The van der Waals surface area contributed by atoms with Crippen molar-refractivity contribution in [2.45, 2.75) is 37.5 Å². The molecule has 0 fully saturated rings. The summed E-state index contributed by atoms with van der Waals surface area (Å²) in [5.41, 5.74) is 6.52. The first kappa shape index (κ1) is 24.3. The number of aromatic nitrogens is 1. The highest BCUT2D eigenvalue weighted by Crippen LogP contribution is 2.37. The molecular weight excluding hydrogens is 460 g/mol. The van der Waals surface area contributed by atoms with Crippen LogP contribution in [0.4, 0.5) is 5.69 Å². The number of carbonyl (C=O) groups excluding carboxylic acids is 1. The summed E-state index contributed by atoms with van der Waals surface area (Å²) in [6.07, 6.45) is 8.38. The number of allylic oxidation sites excluding steroid dienone is 3. The SMILES string of the molecule is CCCCCC1(C(=N)N)C=CC=C(c2ccc3ccc(NS(=O)(=O)c4ccccc4)cc3n2)C1=O. The van der Waals surface area contributed by atoms with Gasteiger partial charge in [-0.15, -0.1) is 0 Å². The molecule has 0 saturated carbocycles. The highest BCUT2D eigenvalue weighted by atomic mass is 32.2. The second-order valence-electron chi connectivity index (χ2n) is 8.63. The minimum absolute atomic E-state index is 0.162. The molecule has 1 heterocycles. The van der Waals surface area contributed by atoms with Gasteiger partial charge in [-0.05, 0) is 42.8 Å². The van der Waals surface area contributed by atoms with Crippen LogP contribution in [0, 0.1) is 10.8 Å². The molecule has 1 aromatic heterocycles. The predicted octanol–water partition coefficient (Wildman–Crippen LogP) is 5.06. The van der Waals surface area contributed by atoms with E-state index in [1.165, 1.54) is 12.1 Å². The van der Waals surface area contributed by atoms with Crippen LogP contribution < -0.4 is 10.5 Å².